The lowest BCUT2D eigenvalue weighted by Crippen LogP contribution is -2.43. The van der Waals surface area contributed by atoms with Crippen molar-refractivity contribution < 1.29 is 23.5 Å². The van der Waals surface area contributed by atoms with E-state index in [9.17, 15) is 14.4 Å². The molecule has 0 unspecified atom stereocenters. The Hall–Kier alpha value is -4.64. The van der Waals surface area contributed by atoms with Crippen molar-refractivity contribution in [1.82, 2.24) is 14.6 Å². The number of nitrogen functional groups attached to an aromatic ring is 1. The van der Waals surface area contributed by atoms with E-state index in [-0.39, 0.29) is 35.1 Å². The van der Waals surface area contributed by atoms with E-state index in [1.54, 1.807) is 50.4 Å². The number of primary amides is 1. The number of anilines is 1. The van der Waals surface area contributed by atoms with Gasteiger partial charge in [-0.2, -0.15) is 4.37 Å². The number of carbonyl (C=O) groups is 3. The van der Waals surface area contributed by atoms with Crippen LogP contribution in [0.25, 0.3) is 0 Å². The summed E-state index contributed by atoms with van der Waals surface area (Å²) in [5.74, 6) is -0.416. The van der Waals surface area contributed by atoms with Crippen molar-refractivity contribution in [2.45, 2.75) is 26.1 Å². The van der Waals surface area contributed by atoms with Gasteiger partial charge >= 0.3 is 0 Å². The Morgan fingerprint density at radius 1 is 1.05 bits per heavy atom. The Morgan fingerprint density at radius 2 is 1.76 bits per heavy atom. The summed E-state index contributed by atoms with van der Waals surface area (Å²) in [5.41, 5.74) is 12.7. The molecule has 0 bridgehead atoms. The third kappa shape index (κ3) is 5.84. The molecule has 2 heterocycles. The molecular weight excluding hydrogens is 506 g/mol. The van der Waals surface area contributed by atoms with E-state index in [2.05, 4.69) is 9.69 Å². The SMILES string of the molecule is COc1ccc(CN(C(=O)c2snc(C(N)=O)c2N)[C@@H](C(=O)NCc2ccccc2)c2ccc(C)o2)cc1. The van der Waals surface area contributed by atoms with Crippen LogP contribution >= 0.6 is 11.5 Å². The number of amides is 3. The number of benzene rings is 2. The summed E-state index contributed by atoms with van der Waals surface area (Å²) >= 11 is 0.748. The molecule has 0 aliphatic rings. The van der Waals surface area contributed by atoms with E-state index in [1.807, 2.05) is 30.3 Å². The Balaban J connectivity index is 1.75. The normalized spacial score (nSPS) is 11.5. The van der Waals surface area contributed by atoms with Gasteiger partial charge in [0, 0.05) is 13.1 Å². The summed E-state index contributed by atoms with van der Waals surface area (Å²) in [6.45, 7) is 2.02. The highest BCUT2D eigenvalue weighted by Gasteiger charge is 2.36. The average Bonchev–Trinajstić information content (AvgIpc) is 3.53. The highest BCUT2D eigenvalue weighted by atomic mass is 32.1. The van der Waals surface area contributed by atoms with Crippen LogP contribution in [0.1, 0.15) is 48.8 Å². The van der Waals surface area contributed by atoms with Crippen LogP contribution in [0.2, 0.25) is 0 Å². The molecular formula is C27H27N5O5S. The van der Waals surface area contributed by atoms with Gasteiger partial charge in [0.05, 0.1) is 12.8 Å². The Labute approximate surface area is 223 Å². The van der Waals surface area contributed by atoms with Crippen LogP contribution in [0.5, 0.6) is 5.75 Å². The van der Waals surface area contributed by atoms with Crippen molar-refractivity contribution in [2.24, 2.45) is 5.73 Å². The summed E-state index contributed by atoms with van der Waals surface area (Å²) in [6.07, 6.45) is 0. The third-order valence-corrected chi connectivity index (χ3v) is 6.68. The molecule has 38 heavy (non-hydrogen) atoms. The summed E-state index contributed by atoms with van der Waals surface area (Å²) in [6, 6.07) is 18.7. The zero-order chi connectivity index (χ0) is 27.2. The maximum atomic E-state index is 13.9. The van der Waals surface area contributed by atoms with Crippen LogP contribution in [-0.4, -0.2) is 34.1 Å². The van der Waals surface area contributed by atoms with Crippen LogP contribution in [0, 0.1) is 6.92 Å². The van der Waals surface area contributed by atoms with E-state index in [1.165, 1.54) is 4.90 Å². The molecule has 0 fully saturated rings. The summed E-state index contributed by atoms with van der Waals surface area (Å²) in [4.78, 5) is 40.7. The first-order valence-electron chi connectivity index (χ1n) is 11.6. The molecule has 10 nitrogen and oxygen atoms in total. The van der Waals surface area contributed by atoms with E-state index in [4.69, 9.17) is 20.6 Å². The first kappa shape index (κ1) is 26.4. The molecule has 0 saturated heterocycles. The molecule has 11 heteroatoms. The van der Waals surface area contributed by atoms with E-state index >= 15 is 0 Å². The molecule has 2 aromatic carbocycles. The molecule has 5 N–H and O–H groups in total. The van der Waals surface area contributed by atoms with Gasteiger partial charge in [-0.3, -0.25) is 14.4 Å². The van der Waals surface area contributed by atoms with Gasteiger partial charge in [-0.25, -0.2) is 0 Å². The number of methoxy groups -OCH3 is 1. The number of rotatable bonds is 10. The third-order valence-electron chi connectivity index (χ3n) is 5.83. The Morgan fingerprint density at radius 3 is 2.34 bits per heavy atom. The molecule has 0 spiro atoms. The van der Waals surface area contributed by atoms with E-state index < -0.39 is 23.8 Å². The standard InChI is InChI=1S/C27H27N5O5S/c1-16-8-13-20(37-16)23(26(34)30-14-17-6-4-3-5-7-17)32(15-18-9-11-19(36-2)12-10-18)27(35)24-21(28)22(25(29)33)31-38-24/h3-13,23H,14-15,28H2,1-2H3,(H2,29,33)(H,30,34)/t23-/m1/s1. The minimum absolute atomic E-state index is 0.00329. The lowest BCUT2D eigenvalue weighted by molar-refractivity contribution is -0.126. The first-order valence-corrected chi connectivity index (χ1v) is 12.4. The maximum Gasteiger partial charge on any atom is 0.270 e. The number of hydrogen-bond acceptors (Lipinski definition) is 8. The number of nitrogens with two attached hydrogens (primary N) is 2. The minimum atomic E-state index is -1.15. The molecule has 196 valence electrons. The van der Waals surface area contributed by atoms with Gasteiger partial charge in [0.25, 0.3) is 17.7 Å². The number of nitrogens with one attached hydrogen (secondary N) is 1. The van der Waals surface area contributed by atoms with Crippen LogP contribution in [0.15, 0.2) is 71.1 Å². The van der Waals surface area contributed by atoms with E-state index in [0.29, 0.717) is 11.5 Å². The second-order valence-electron chi connectivity index (χ2n) is 8.47. The molecule has 3 amide bonds. The van der Waals surface area contributed by atoms with Crippen LogP contribution in [0.4, 0.5) is 5.69 Å². The molecule has 0 aliphatic heterocycles. The van der Waals surface area contributed by atoms with Gasteiger partial charge in [-0.15, -0.1) is 0 Å². The molecule has 1 atom stereocenters. The van der Waals surface area contributed by atoms with Crippen molar-refractivity contribution >= 4 is 34.9 Å². The summed E-state index contributed by atoms with van der Waals surface area (Å²) in [5, 5.41) is 2.91. The smallest absolute Gasteiger partial charge is 0.270 e. The summed E-state index contributed by atoms with van der Waals surface area (Å²) < 4.78 is 15.0. The molecule has 4 aromatic rings. The second-order valence-corrected chi connectivity index (χ2v) is 9.25. The van der Waals surface area contributed by atoms with Crippen molar-refractivity contribution in [3.8, 4) is 5.75 Å². The number of aromatic nitrogens is 1. The topological polar surface area (TPSA) is 154 Å². The predicted octanol–water partition coefficient (Wildman–Crippen LogP) is 3.43. The van der Waals surface area contributed by atoms with Crippen LogP contribution < -0.4 is 21.5 Å². The highest BCUT2D eigenvalue weighted by Crippen LogP contribution is 2.31. The number of aryl methyl sites for hydroxylation is 1. The fraction of sp³-hybridized carbons (Fsp3) is 0.185. The number of furan rings is 1. The second kappa shape index (κ2) is 11.6. The molecule has 4 rings (SSSR count). The van der Waals surface area contributed by atoms with Crippen molar-refractivity contribution in [2.75, 3.05) is 12.8 Å². The monoisotopic (exact) mass is 533 g/mol. The van der Waals surface area contributed by atoms with Crippen molar-refractivity contribution in [3.63, 3.8) is 0 Å². The largest absolute Gasteiger partial charge is 0.497 e. The van der Waals surface area contributed by atoms with Gasteiger partial charge in [-0.05, 0) is 53.8 Å². The fourth-order valence-corrected chi connectivity index (χ4v) is 4.64. The number of ether oxygens (including phenoxy) is 1. The number of carbonyl (C=O) groups excluding carboxylic acids is 3. The zero-order valence-electron chi connectivity index (χ0n) is 20.8. The Kier molecular flexibility index (Phi) is 8.07. The highest BCUT2D eigenvalue weighted by molar-refractivity contribution is 7.09. The molecule has 0 aliphatic carbocycles. The lowest BCUT2D eigenvalue weighted by atomic mass is 10.1. The van der Waals surface area contributed by atoms with E-state index in [0.717, 1.165) is 22.7 Å². The lowest BCUT2D eigenvalue weighted by Gasteiger charge is -2.30. The molecule has 2 aromatic heterocycles. The first-order chi connectivity index (χ1) is 18.3. The fourth-order valence-electron chi connectivity index (χ4n) is 3.87. The number of nitrogens with zero attached hydrogens (tertiary/aromatic N) is 2. The van der Waals surface area contributed by atoms with Gasteiger partial charge in [0.15, 0.2) is 11.7 Å². The van der Waals surface area contributed by atoms with Crippen LogP contribution in [-0.2, 0) is 17.9 Å². The average molecular weight is 534 g/mol. The maximum absolute atomic E-state index is 13.9. The van der Waals surface area contributed by atoms with Gasteiger partial charge in [-0.1, -0.05) is 42.5 Å². The quantitative estimate of drug-likeness (QED) is 0.282. The van der Waals surface area contributed by atoms with Gasteiger partial charge < -0.3 is 30.8 Å². The zero-order valence-corrected chi connectivity index (χ0v) is 21.7. The van der Waals surface area contributed by atoms with Gasteiger partial charge in [0.2, 0.25) is 0 Å². The predicted molar refractivity (Wildman–Crippen MR) is 142 cm³/mol. The molecule has 0 radical (unpaired) electrons. The van der Waals surface area contributed by atoms with Crippen LogP contribution in [0.3, 0.4) is 0 Å². The summed E-state index contributed by atoms with van der Waals surface area (Å²) in [7, 11) is 1.56. The van der Waals surface area contributed by atoms with Crippen molar-refractivity contribution in [1.29, 1.82) is 0 Å². The van der Waals surface area contributed by atoms with Gasteiger partial charge in [0.1, 0.15) is 22.1 Å². The number of hydrogen-bond donors (Lipinski definition) is 3. The minimum Gasteiger partial charge on any atom is -0.497 e. The molecule has 0 saturated carbocycles. The Bertz CT molecular complexity index is 1430. The van der Waals surface area contributed by atoms with Crippen molar-refractivity contribution in [3.05, 3.63) is 99.9 Å².